The van der Waals surface area contributed by atoms with Gasteiger partial charge in [0.15, 0.2) is 0 Å². The highest BCUT2D eigenvalue weighted by Gasteiger charge is 2.39. The van der Waals surface area contributed by atoms with Gasteiger partial charge in [0.05, 0.1) is 17.6 Å². The molecule has 1 unspecified atom stereocenters. The summed E-state index contributed by atoms with van der Waals surface area (Å²) in [5.41, 5.74) is 0.887. The SMILES string of the molecule is N#CC1(c2ccccc2)CCC(N2CCN(CC(O)CS)CC2)CC1.c1ccccc1. The average Bonchev–Trinajstić information content (AvgIpc) is 2.86. The third-order valence-electron chi connectivity index (χ3n) is 6.62. The third kappa shape index (κ3) is 6.82. The van der Waals surface area contributed by atoms with Crippen LogP contribution in [0.5, 0.6) is 0 Å². The second-order valence-corrected chi connectivity index (χ2v) is 8.98. The van der Waals surface area contributed by atoms with Gasteiger partial charge >= 0.3 is 0 Å². The first-order valence-corrected chi connectivity index (χ1v) is 12.0. The molecule has 0 radical (unpaired) electrons. The van der Waals surface area contributed by atoms with Crippen LogP contribution in [-0.4, -0.2) is 65.5 Å². The first-order valence-electron chi connectivity index (χ1n) is 11.4. The zero-order chi connectivity index (χ0) is 21.9. The number of hydrogen-bond donors (Lipinski definition) is 2. The summed E-state index contributed by atoms with van der Waals surface area (Å²) in [7, 11) is 0. The fraction of sp³-hybridized carbons (Fsp3) is 0.500. The van der Waals surface area contributed by atoms with E-state index in [1.165, 1.54) is 5.56 Å². The van der Waals surface area contributed by atoms with E-state index >= 15 is 0 Å². The maximum atomic E-state index is 9.83. The van der Waals surface area contributed by atoms with Crippen molar-refractivity contribution in [2.75, 3.05) is 38.5 Å². The molecule has 0 aromatic heterocycles. The largest absolute Gasteiger partial charge is 0.391 e. The highest BCUT2D eigenvalue weighted by molar-refractivity contribution is 7.80. The standard InChI is InChI=1S/C20H29N3OS.C6H6/c21-16-20(17-4-2-1-3-5-17)8-6-18(7-9-20)23-12-10-22(11-13-23)14-19(24)15-25;1-2-4-6-5-3-1/h1-5,18-19,24-25H,6-15H2;1-6H. The third-order valence-corrected chi connectivity index (χ3v) is 7.04. The Bertz CT molecular complexity index is 753. The summed E-state index contributed by atoms with van der Waals surface area (Å²) in [5, 5.41) is 19.6. The molecule has 1 heterocycles. The lowest BCUT2D eigenvalue weighted by molar-refractivity contribution is 0.0489. The maximum Gasteiger partial charge on any atom is 0.0823 e. The van der Waals surface area contributed by atoms with E-state index in [9.17, 15) is 10.4 Å². The minimum Gasteiger partial charge on any atom is -0.391 e. The van der Waals surface area contributed by atoms with Gasteiger partial charge < -0.3 is 5.11 Å². The number of nitrogens with zero attached hydrogens (tertiary/aromatic N) is 3. The van der Waals surface area contributed by atoms with Crippen LogP contribution >= 0.6 is 12.6 Å². The van der Waals surface area contributed by atoms with Crippen molar-refractivity contribution in [3.8, 4) is 6.07 Å². The summed E-state index contributed by atoms with van der Waals surface area (Å²) >= 11 is 4.16. The fourth-order valence-electron chi connectivity index (χ4n) is 4.73. The van der Waals surface area contributed by atoms with Gasteiger partial charge in [-0.25, -0.2) is 0 Å². The first kappa shape index (κ1) is 23.8. The molecule has 166 valence electrons. The Labute approximate surface area is 192 Å². The number of hydrogen-bond acceptors (Lipinski definition) is 5. The quantitative estimate of drug-likeness (QED) is 0.695. The molecule has 5 heteroatoms. The number of aliphatic hydroxyl groups excluding tert-OH is 1. The molecule has 2 aromatic rings. The van der Waals surface area contributed by atoms with Crippen LogP contribution in [0.1, 0.15) is 31.2 Å². The van der Waals surface area contributed by atoms with E-state index in [1.54, 1.807) is 0 Å². The van der Waals surface area contributed by atoms with Crippen molar-refractivity contribution in [1.82, 2.24) is 9.80 Å². The van der Waals surface area contributed by atoms with Gasteiger partial charge in [0.2, 0.25) is 0 Å². The maximum absolute atomic E-state index is 9.83. The predicted octanol–water partition coefficient (Wildman–Crippen LogP) is 3.99. The lowest BCUT2D eigenvalue weighted by Gasteiger charge is -2.44. The van der Waals surface area contributed by atoms with Crippen molar-refractivity contribution >= 4 is 12.6 Å². The lowest BCUT2D eigenvalue weighted by atomic mass is 9.69. The van der Waals surface area contributed by atoms with Gasteiger partial charge in [-0.05, 0) is 31.2 Å². The average molecular weight is 438 g/mol. The zero-order valence-corrected chi connectivity index (χ0v) is 19.2. The molecule has 2 aromatic carbocycles. The molecule has 4 nitrogen and oxygen atoms in total. The predicted molar refractivity (Wildman–Crippen MR) is 130 cm³/mol. The van der Waals surface area contributed by atoms with Gasteiger partial charge in [-0.1, -0.05) is 66.7 Å². The second kappa shape index (κ2) is 12.3. The summed E-state index contributed by atoms with van der Waals surface area (Å²) in [6.07, 6.45) is 3.78. The van der Waals surface area contributed by atoms with Crippen LogP contribution in [0.25, 0.3) is 0 Å². The lowest BCUT2D eigenvalue weighted by Crippen LogP contribution is -2.53. The molecule has 1 saturated heterocycles. The molecule has 0 spiro atoms. The second-order valence-electron chi connectivity index (χ2n) is 8.62. The molecule has 0 amide bonds. The Morgan fingerprint density at radius 3 is 1.94 bits per heavy atom. The van der Waals surface area contributed by atoms with E-state index in [1.807, 2.05) is 54.6 Å². The summed E-state index contributed by atoms with van der Waals surface area (Å²) in [6, 6.07) is 25.5. The topological polar surface area (TPSA) is 50.5 Å². The molecule has 4 rings (SSSR count). The van der Waals surface area contributed by atoms with Gasteiger partial charge in [-0.3, -0.25) is 9.80 Å². The van der Waals surface area contributed by atoms with Gasteiger partial charge in [0, 0.05) is 44.5 Å². The van der Waals surface area contributed by atoms with Crippen molar-refractivity contribution in [3.05, 3.63) is 72.3 Å². The Hall–Kier alpha value is -1.84. The summed E-state index contributed by atoms with van der Waals surface area (Å²) in [4.78, 5) is 4.93. The van der Waals surface area contributed by atoms with Crippen molar-refractivity contribution in [3.63, 3.8) is 0 Å². The summed E-state index contributed by atoms with van der Waals surface area (Å²) < 4.78 is 0. The van der Waals surface area contributed by atoms with E-state index < -0.39 is 0 Å². The number of benzene rings is 2. The Balaban J connectivity index is 0.000000391. The minimum atomic E-state index is -0.327. The number of aliphatic hydroxyl groups is 1. The molecular formula is C26H35N3OS. The van der Waals surface area contributed by atoms with Crippen LogP contribution in [0.15, 0.2) is 66.7 Å². The molecule has 1 N–H and O–H groups in total. The molecule has 1 atom stereocenters. The van der Waals surface area contributed by atoms with Crippen molar-refractivity contribution in [1.29, 1.82) is 5.26 Å². The number of β-amino-alcohol motifs (C(OH)–C–C–N with tert-alkyl or cyclic N) is 1. The normalized spacial score (nSPS) is 25.6. The van der Waals surface area contributed by atoms with E-state index in [0.717, 1.165) is 58.4 Å². The van der Waals surface area contributed by atoms with Crippen molar-refractivity contribution in [2.45, 2.75) is 43.2 Å². The molecular weight excluding hydrogens is 402 g/mol. The van der Waals surface area contributed by atoms with Crippen LogP contribution in [0.4, 0.5) is 0 Å². The van der Waals surface area contributed by atoms with Gasteiger partial charge in [-0.2, -0.15) is 17.9 Å². The monoisotopic (exact) mass is 437 g/mol. The first-order chi connectivity index (χ1) is 15.2. The van der Waals surface area contributed by atoms with Gasteiger partial charge in [-0.15, -0.1) is 0 Å². The molecule has 1 aliphatic carbocycles. The van der Waals surface area contributed by atoms with Crippen molar-refractivity contribution in [2.24, 2.45) is 0 Å². The smallest absolute Gasteiger partial charge is 0.0823 e. The van der Waals surface area contributed by atoms with Gasteiger partial charge in [0.25, 0.3) is 0 Å². The van der Waals surface area contributed by atoms with Crippen LogP contribution in [0.3, 0.4) is 0 Å². The number of piperazine rings is 1. The molecule has 2 aliphatic rings. The summed E-state index contributed by atoms with van der Waals surface area (Å²) in [6.45, 7) is 4.89. The van der Waals surface area contributed by atoms with E-state index in [4.69, 9.17) is 0 Å². The van der Waals surface area contributed by atoms with Crippen LogP contribution in [0, 0.1) is 11.3 Å². The Kier molecular flexibility index (Phi) is 9.42. The van der Waals surface area contributed by atoms with Crippen LogP contribution < -0.4 is 0 Å². The number of rotatable bonds is 5. The summed E-state index contributed by atoms with van der Waals surface area (Å²) in [5.74, 6) is 0.526. The number of thiol groups is 1. The molecule has 31 heavy (non-hydrogen) atoms. The molecule has 1 saturated carbocycles. The van der Waals surface area contributed by atoms with Crippen LogP contribution in [-0.2, 0) is 5.41 Å². The van der Waals surface area contributed by atoms with Crippen molar-refractivity contribution < 1.29 is 5.11 Å². The molecule has 1 aliphatic heterocycles. The minimum absolute atomic E-state index is 0.295. The highest BCUT2D eigenvalue weighted by atomic mass is 32.1. The van der Waals surface area contributed by atoms with E-state index in [-0.39, 0.29) is 11.5 Å². The van der Waals surface area contributed by atoms with E-state index in [2.05, 4.69) is 40.6 Å². The van der Waals surface area contributed by atoms with E-state index in [0.29, 0.717) is 11.8 Å². The van der Waals surface area contributed by atoms with Gasteiger partial charge in [0.1, 0.15) is 0 Å². The van der Waals surface area contributed by atoms with Crippen LogP contribution in [0.2, 0.25) is 0 Å². The number of nitriles is 1. The Morgan fingerprint density at radius 1 is 0.935 bits per heavy atom. The molecule has 2 fully saturated rings. The Morgan fingerprint density at radius 2 is 1.45 bits per heavy atom. The zero-order valence-electron chi connectivity index (χ0n) is 18.3. The fourth-order valence-corrected chi connectivity index (χ4v) is 4.85. The highest BCUT2D eigenvalue weighted by Crippen LogP contribution is 2.40. The molecule has 0 bridgehead atoms.